The molecule has 4 nitrogen and oxygen atoms in total. The molecule has 1 aromatic carbocycles. The summed E-state index contributed by atoms with van der Waals surface area (Å²) < 4.78 is 1.99. The van der Waals surface area contributed by atoms with Crippen molar-refractivity contribution in [1.82, 2.24) is 4.57 Å². The van der Waals surface area contributed by atoms with Crippen LogP contribution in [0.1, 0.15) is 11.1 Å². The maximum absolute atomic E-state index is 8.86. The van der Waals surface area contributed by atoms with Gasteiger partial charge in [-0.25, -0.2) is 0 Å². The Kier molecular flexibility index (Phi) is 2.61. The van der Waals surface area contributed by atoms with Gasteiger partial charge in [-0.2, -0.15) is 5.26 Å². The van der Waals surface area contributed by atoms with Gasteiger partial charge in [-0.1, -0.05) is 5.16 Å². The number of benzene rings is 1. The van der Waals surface area contributed by atoms with Crippen LogP contribution in [-0.2, 0) is 11.9 Å². The highest BCUT2D eigenvalue weighted by Gasteiger charge is 2.05. The molecule has 0 aliphatic heterocycles. The van der Waals surface area contributed by atoms with Gasteiger partial charge in [-0.05, 0) is 18.2 Å². The third kappa shape index (κ3) is 1.63. The maximum atomic E-state index is 8.86. The summed E-state index contributed by atoms with van der Waals surface area (Å²) in [5, 5.41) is 13.6. The van der Waals surface area contributed by atoms with E-state index < -0.39 is 0 Å². The standard InChI is InChI=1S/C12H11N3O/c1-15-8-10(7-14-16-2)11-5-9(6-13)3-4-12(11)15/h3-5,7-8H,1-2H3/b14-7+. The first-order valence-corrected chi connectivity index (χ1v) is 4.82. The quantitative estimate of drug-likeness (QED) is 0.566. The van der Waals surface area contributed by atoms with Gasteiger partial charge in [-0.3, -0.25) is 0 Å². The minimum absolute atomic E-state index is 0.644. The number of nitriles is 1. The second kappa shape index (κ2) is 4.07. The zero-order valence-electron chi connectivity index (χ0n) is 9.14. The van der Waals surface area contributed by atoms with E-state index in [0.29, 0.717) is 5.56 Å². The van der Waals surface area contributed by atoms with Crippen molar-refractivity contribution in [2.24, 2.45) is 12.2 Å². The average molecular weight is 213 g/mol. The summed E-state index contributed by atoms with van der Waals surface area (Å²) >= 11 is 0. The Bertz CT molecular complexity index is 590. The van der Waals surface area contributed by atoms with Gasteiger partial charge in [0, 0.05) is 29.7 Å². The Morgan fingerprint density at radius 1 is 1.50 bits per heavy atom. The predicted octanol–water partition coefficient (Wildman–Crippen LogP) is 2.03. The normalized spacial score (nSPS) is 10.8. The van der Waals surface area contributed by atoms with Crippen LogP contribution >= 0.6 is 0 Å². The molecule has 0 aliphatic carbocycles. The van der Waals surface area contributed by atoms with E-state index in [1.807, 2.05) is 29.9 Å². The highest BCUT2D eigenvalue weighted by atomic mass is 16.6. The van der Waals surface area contributed by atoms with Crippen molar-refractivity contribution in [3.8, 4) is 6.07 Å². The van der Waals surface area contributed by atoms with Crippen LogP contribution in [0.4, 0.5) is 0 Å². The Hall–Kier alpha value is -2.28. The van der Waals surface area contributed by atoms with E-state index in [1.54, 1.807) is 12.3 Å². The molecule has 0 aliphatic rings. The summed E-state index contributed by atoms with van der Waals surface area (Å²) in [4.78, 5) is 4.66. The van der Waals surface area contributed by atoms with Gasteiger partial charge >= 0.3 is 0 Å². The van der Waals surface area contributed by atoms with Crippen molar-refractivity contribution in [3.05, 3.63) is 35.5 Å². The molecular weight excluding hydrogens is 202 g/mol. The van der Waals surface area contributed by atoms with Crippen molar-refractivity contribution in [1.29, 1.82) is 5.26 Å². The largest absolute Gasteiger partial charge is 0.399 e. The van der Waals surface area contributed by atoms with Gasteiger partial charge in [0.2, 0.25) is 0 Å². The van der Waals surface area contributed by atoms with Gasteiger partial charge in [0.05, 0.1) is 17.8 Å². The molecule has 0 atom stereocenters. The minimum atomic E-state index is 0.644. The SMILES string of the molecule is CO/N=C/c1cn(C)c2ccc(C#N)cc12. The van der Waals surface area contributed by atoms with E-state index in [9.17, 15) is 0 Å². The summed E-state index contributed by atoms with van der Waals surface area (Å²) in [5.74, 6) is 0. The lowest BCUT2D eigenvalue weighted by molar-refractivity contribution is 0.215. The molecule has 0 spiro atoms. The zero-order valence-corrected chi connectivity index (χ0v) is 9.14. The topological polar surface area (TPSA) is 50.3 Å². The lowest BCUT2D eigenvalue weighted by Gasteiger charge is -1.95. The molecule has 80 valence electrons. The summed E-state index contributed by atoms with van der Waals surface area (Å²) in [6, 6.07) is 7.71. The summed E-state index contributed by atoms with van der Waals surface area (Å²) in [6.07, 6.45) is 3.60. The predicted molar refractivity (Wildman–Crippen MR) is 62.2 cm³/mol. The van der Waals surface area contributed by atoms with Crippen molar-refractivity contribution >= 4 is 17.1 Å². The van der Waals surface area contributed by atoms with E-state index in [1.165, 1.54) is 7.11 Å². The molecule has 0 unspecified atom stereocenters. The molecule has 1 heterocycles. The lowest BCUT2D eigenvalue weighted by atomic mass is 10.1. The van der Waals surface area contributed by atoms with Crippen LogP contribution in [-0.4, -0.2) is 17.9 Å². The number of oxime groups is 1. The summed E-state index contributed by atoms with van der Waals surface area (Å²) in [6.45, 7) is 0. The first-order valence-electron chi connectivity index (χ1n) is 4.82. The monoisotopic (exact) mass is 213 g/mol. The Morgan fingerprint density at radius 2 is 2.31 bits per heavy atom. The molecule has 0 amide bonds. The fourth-order valence-electron chi connectivity index (χ4n) is 1.70. The Balaban J connectivity index is 2.66. The average Bonchev–Trinajstić information content (AvgIpc) is 2.63. The number of aryl methyl sites for hydroxylation is 1. The number of rotatable bonds is 2. The van der Waals surface area contributed by atoms with Gasteiger partial charge in [0.25, 0.3) is 0 Å². The fraction of sp³-hybridized carbons (Fsp3) is 0.167. The first kappa shape index (κ1) is 10.2. The van der Waals surface area contributed by atoms with Crippen molar-refractivity contribution in [2.45, 2.75) is 0 Å². The van der Waals surface area contributed by atoms with E-state index in [4.69, 9.17) is 5.26 Å². The molecule has 0 saturated carbocycles. The van der Waals surface area contributed by atoms with Crippen molar-refractivity contribution in [3.63, 3.8) is 0 Å². The molecule has 4 heteroatoms. The van der Waals surface area contributed by atoms with Crippen molar-refractivity contribution < 1.29 is 4.84 Å². The third-order valence-corrected chi connectivity index (χ3v) is 2.45. The van der Waals surface area contributed by atoms with Crippen LogP contribution in [0.5, 0.6) is 0 Å². The minimum Gasteiger partial charge on any atom is -0.399 e. The van der Waals surface area contributed by atoms with Gasteiger partial charge in [0.1, 0.15) is 7.11 Å². The molecule has 0 radical (unpaired) electrons. The number of aromatic nitrogens is 1. The van der Waals surface area contributed by atoms with E-state index in [0.717, 1.165) is 16.5 Å². The van der Waals surface area contributed by atoms with Crippen LogP contribution < -0.4 is 0 Å². The Labute approximate surface area is 93.3 Å². The lowest BCUT2D eigenvalue weighted by Crippen LogP contribution is -1.83. The molecule has 0 saturated heterocycles. The van der Waals surface area contributed by atoms with E-state index in [-0.39, 0.29) is 0 Å². The van der Waals surface area contributed by atoms with E-state index in [2.05, 4.69) is 16.1 Å². The molecule has 1 aromatic heterocycles. The molecule has 16 heavy (non-hydrogen) atoms. The Morgan fingerprint density at radius 3 is 3.00 bits per heavy atom. The van der Waals surface area contributed by atoms with Crippen LogP contribution in [0.25, 0.3) is 10.9 Å². The van der Waals surface area contributed by atoms with Gasteiger partial charge < -0.3 is 9.40 Å². The fourth-order valence-corrected chi connectivity index (χ4v) is 1.70. The zero-order chi connectivity index (χ0) is 11.5. The molecule has 0 fully saturated rings. The second-order valence-electron chi connectivity index (χ2n) is 3.46. The second-order valence-corrected chi connectivity index (χ2v) is 3.46. The third-order valence-electron chi connectivity index (χ3n) is 2.45. The number of hydrogen-bond donors (Lipinski definition) is 0. The first-order chi connectivity index (χ1) is 7.76. The van der Waals surface area contributed by atoms with Crippen LogP contribution in [0, 0.1) is 11.3 Å². The highest BCUT2D eigenvalue weighted by molar-refractivity contribution is 5.99. The summed E-state index contributed by atoms with van der Waals surface area (Å²) in [5.41, 5.74) is 2.65. The molecule has 2 aromatic rings. The van der Waals surface area contributed by atoms with Gasteiger partial charge in [0.15, 0.2) is 0 Å². The number of hydrogen-bond acceptors (Lipinski definition) is 3. The van der Waals surface area contributed by atoms with Crippen molar-refractivity contribution in [2.75, 3.05) is 7.11 Å². The highest BCUT2D eigenvalue weighted by Crippen LogP contribution is 2.20. The number of fused-ring (bicyclic) bond motifs is 1. The smallest absolute Gasteiger partial charge is 0.106 e. The molecule has 0 bridgehead atoms. The van der Waals surface area contributed by atoms with E-state index >= 15 is 0 Å². The van der Waals surface area contributed by atoms with Crippen LogP contribution in [0.2, 0.25) is 0 Å². The number of nitrogens with zero attached hydrogens (tertiary/aromatic N) is 3. The molecule has 2 rings (SSSR count). The molecular formula is C12H11N3O. The van der Waals surface area contributed by atoms with Gasteiger partial charge in [-0.15, -0.1) is 0 Å². The maximum Gasteiger partial charge on any atom is 0.106 e. The summed E-state index contributed by atoms with van der Waals surface area (Å²) in [7, 11) is 3.46. The van der Waals surface area contributed by atoms with Crippen LogP contribution in [0.3, 0.4) is 0 Å². The molecule has 0 N–H and O–H groups in total. The van der Waals surface area contributed by atoms with Crippen LogP contribution in [0.15, 0.2) is 29.6 Å².